The third-order valence-electron chi connectivity index (χ3n) is 6.14. The lowest BCUT2D eigenvalue weighted by Gasteiger charge is -2.23. The van der Waals surface area contributed by atoms with E-state index in [1.807, 2.05) is 30.3 Å². The molecule has 2 atom stereocenters. The molecular formula is C29H26F3N3O4. The number of nitrogens with one attached hydrogen (secondary N) is 2. The zero-order valence-electron chi connectivity index (χ0n) is 21.0. The van der Waals surface area contributed by atoms with E-state index in [1.54, 1.807) is 24.3 Å². The normalized spacial score (nSPS) is 13.0. The molecule has 2 N–H and O–H groups in total. The number of Topliss-reactive ketones (excluding diaryl/α,β-unsaturated/α-hetero) is 1. The largest absolute Gasteiger partial charge is 0.434 e. The first-order chi connectivity index (χ1) is 18.6. The number of carbonyl (C=O) groups is 3. The van der Waals surface area contributed by atoms with E-state index in [0.29, 0.717) is 17.5 Å². The summed E-state index contributed by atoms with van der Waals surface area (Å²) in [7, 11) is 0. The first-order valence-electron chi connectivity index (χ1n) is 12.3. The van der Waals surface area contributed by atoms with Crippen molar-refractivity contribution in [3.8, 4) is 0 Å². The van der Waals surface area contributed by atoms with E-state index in [4.69, 9.17) is 4.42 Å². The smallest absolute Gasteiger partial charge is 0.416 e. The molecular weight excluding hydrogens is 511 g/mol. The Morgan fingerprint density at radius 3 is 2.23 bits per heavy atom. The molecule has 4 aromatic rings. The Morgan fingerprint density at radius 1 is 0.872 bits per heavy atom. The Hall–Kier alpha value is -4.47. The zero-order chi connectivity index (χ0) is 28.0. The van der Waals surface area contributed by atoms with Crippen LogP contribution in [0, 0.1) is 0 Å². The number of ketones is 1. The lowest BCUT2D eigenvalue weighted by molar-refractivity contribution is -0.138. The highest BCUT2D eigenvalue weighted by molar-refractivity contribution is 6.01. The van der Waals surface area contributed by atoms with Gasteiger partial charge in [0.2, 0.25) is 17.6 Å². The number of oxazole rings is 1. The molecule has 2 unspecified atom stereocenters. The summed E-state index contributed by atoms with van der Waals surface area (Å²) in [5.41, 5.74) is 0.712. The molecule has 7 nitrogen and oxygen atoms in total. The molecule has 202 valence electrons. The molecule has 0 aliphatic heterocycles. The van der Waals surface area contributed by atoms with Gasteiger partial charge in [0, 0.05) is 13.3 Å². The van der Waals surface area contributed by atoms with Gasteiger partial charge in [0.25, 0.3) is 5.89 Å². The lowest BCUT2D eigenvalue weighted by Crippen LogP contribution is -2.52. The van der Waals surface area contributed by atoms with Crippen molar-refractivity contribution in [3.05, 3.63) is 101 Å². The van der Waals surface area contributed by atoms with Crippen molar-refractivity contribution < 1.29 is 32.0 Å². The summed E-state index contributed by atoms with van der Waals surface area (Å²) in [5, 5.41) is 5.05. The molecule has 10 heteroatoms. The highest BCUT2D eigenvalue weighted by Gasteiger charge is 2.35. The van der Waals surface area contributed by atoms with Gasteiger partial charge in [-0.25, -0.2) is 4.98 Å². The van der Waals surface area contributed by atoms with Gasteiger partial charge < -0.3 is 15.1 Å². The van der Waals surface area contributed by atoms with Crippen LogP contribution in [0.3, 0.4) is 0 Å². The van der Waals surface area contributed by atoms with Crippen molar-refractivity contribution in [2.24, 2.45) is 0 Å². The molecule has 39 heavy (non-hydrogen) atoms. The Morgan fingerprint density at radius 2 is 1.54 bits per heavy atom. The van der Waals surface area contributed by atoms with Crippen LogP contribution in [0.25, 0.3) is 11.1 Å². The van der Waals surface area contributed by atoms with Crippen LogP contribution in [0.15, 0.2) is 83.3 Å². The van der Waals surface area contributed by atoms with E-state index in [2.05, 4.69) is 15.6 Å². The Bertz CT molecular complexity index is 1430. The molecule has 0 aliphatic carbocycles. The van der Waals surface area contributed by atoms with Crippen molar-refractivity contribution in [3.63, 3.8) is 0 Å². The van der Waals surface area contributed by atoms with E-state index in [9.17, 15) is 27.6 Å². The highest BCUT2D eigenvalue weighted by atomic mass is 19.4. The van der Waals surface area contributed by atoms with Crippen molar-refractivity contribution in [1.82, 2.24) is 15.6 Å². The number of nitrogens with zero attached hydrogens (tertiary/aromatic N) is 1. The minimum atomic E-state index is -4.64. The number of fused-ring (bicyclic) bond motifs is 1. The number of alkyl halides is 3. The fraction of sp³-hybridized carbons (Fsp3) is 0.241. The number of amides is 2. The summed E-state index contributed by atoms with van der Waals surface area (Å²) in [4.78, 5) is 42.9. The second kappa shape index (κ2) is 11.9. The van der Waals surface area contributed by atoms with Gasteiger partial charge in [-0.05, 0) is 42.2 Å². The van der Waals surface area contributed by atoms with E-state index in [-0.39, 0.29) is 17.9 Å². The van der Waals surface area contributed by atoms with Gasteiger partial charge in [-0.15, -0.1) is 0 Å². The topological polar surface area (TPSA) is 101 Å². The Kier molecular flexibility index (Phi) is 8.43. The molecule has 4 rings (SSSR count). The summed E-state index contributed by atoms with van der Waals surface area (Å²) in [6.07, 6.45) is -4.49. The molecule has 0 radical (unpaired) electrons. The van der Waals surface area contributed by atoms with Crippen LogP contribution in [0.4, 0.5) is 13.2 Å². The first kappa shape index (κ1) is 27.6. The SMILES string of the molecule is CC(=O)NC(Cc1ccccc1C(F)(F)F)C(=O)NC(CCc1ccccc1)C(=O)c1nc2ccccc2o1. The maximum atomic E-state index is 13.6. The number of halogens is 3. The minimum absolute atomic E-state index is 0.162. The minimum Gasteiger partial charge on any atom is -0.434 e. The average Bonchev–Trinajstić information content (AvgIpc) is 3.34. The van der Waals surface area contributed by atoms with Crippen LogP contribution in [-0.4, -0.2) is 34.7 Å². The summed E-state index contributed by atoms with van der Waals surface area (Å²) in [6, 6.07) is 18.5. The van der Waals surface area contributed by atoms with Crippen molar-refractivity contribution in [2.45, 2.75) is 44.4 Å². The fourth-order valence-corrected chi connectivity index (χ4v) is 4.27. The van der Waals surface area contributed by atoms with Crippen LogP contribution in [0.1, 0.15) is 40.7 Å². The molecule has 1 aromatic heterocycles. The van der Waals surface area contributed by atoms with E-state index in [1.165, 1.54) is 18.2 Å². The standard InChI is InChI=1S/C29H26F3N3O4/c1-18(36)33-24(17-20-11-5-6-12-21(20)29(30,31)32)27(38)34-23(16-15-19-9-3-2-4-10-19)26(37)28-35-22-13-7-8-14-25(22)39-28/h2-14,23-24H,15-17H2,1H3,(H,33,36)(H,34,38). The van der Waals surface area contributed by atoms with E-state index < -0.39 is 47.8 Å². The monoisotopic (exact) mass is 537 g/mol. The molecule has 0 bridgehead atoms. The third kappa shape index (κ3) is 7.10. The maximum Gasteiger partial charge on any atom is 0.416 e. The number of para-hydroxylation sites is 2. The van der Waals surface area contributed by atoms with Gasteiger partial charge in [0.05, 0.1) is 11.6 Å². The number of aryl methyl sites for hydroxylation is 1. The zero-order valence-corrected chi connectivity index (χ0v) is 21.0. The predicted octanol–water partition coefficient (Wildman–Crippen LogP) is 4.89. The maximum absolute atomic E-state index is 13.6. The van der Waals surface area contributed by atoms with Gasteiger partial charge >= 0.3 is 6.18 Å². The van der Waals surface area contributed by atoms with Gasteiger partial charge in [0.15, 0.2) is 5.58 Å². The summed E-state index contributed by atoms with van der Waals surface area (Å²) >= 11 is 0. The van der Waals surface area contributed by atoms with Crippen molar-refractivity contribution in [2.75, 3.05) is 0 Å². The summed E-state index contributed by atoms with van der Waals surface area (Å²) in [6.45, 7) is 1.16. The van der Waals surface area contributed by atoms with Gasteiger partial charge in [-0.2, -0.15) is 13.2 Å². The number of hydrogen-bond donors (Lipinski definition) is 2. The number of aromatic nitrogens is 1. The molecule has 3 aromatic carbocycles. The van der Waals surface area contributed by atoms with E-state index >= 15 is 0 Å². The van der Waals surface area contributed by atoms with Crippen LogP contribution >= 0.6 is 0 Å². The predicted molar refractivity (Wildman–Crippen MR) is 138 cm³/mol. The second-order valence-electron chi connectivity index (χ2n) is 9.05. The van der Waals surface area contributed by atoms with Crippen molar-refractivity contribution >= 4 is 28.7 Å². The number of benzene rings is 3. The van der Waals surface area contributed by atoms with Gasteiger partial charge in [-0.3, -0.25) is 14.4 Å². The molecule has 0 saturated heterocycles. The molecule has 0 aliphatic rings. The van der Waals surface area contributed by atoms with Crippen LogP contribution < -0.4 is 10.6 Å². The number of rotatable bonds is 10. The molecule has 0 spiro atoms. The van der Waals surface area contributed by atoms with Crippen LogP contribution in [-0.2, 0) is 28.6 Å². The van der Waals surface area contributed by atoms with Crippen molar-refractivity contribution in [1.29, 1.82) is 0 Å². The summed E-state index contributed by atoms with van der Waals surface area (Å²) < 4.78 is 46.3. The fourth-order valence-electron chi connectivity index (χ4n) is 4.27. The molecule has 0 saturated carbocycles. The Labute approximate surface area is 222 Å². The highest BCUT2D eigenvalue weighted by Crippen LogP contribution is 2.32. The number of carbonyl (C=O) groups excluding carboxylic acids is 3. The second-order valence-corrected chi connectivity index (χ2v) is 9.05. The molecule has 1 heterocycles. The molecule has 2 amide bonds. The summed E-state index contributed by atoms with van der Waals surface area (Å²) in [5.74, 6) is -2.20. The van der Waals surface area contributed by atoms with Crippen LogP contribution in [0.5, 0.6) is 0 Å². The van der Waals surface area contributed by atoms with Gasteiger partial charge in [-0.1, -0.05) is 60.7 Å². The quantitative estimate of drug-likeness (QED) is 0.281. The first-order valence-corrected chi connectivity index (χ1v) is 12.3. The average molecular weight is 538 g/mol. The molecule has 0 fully saturated rings. The number of hydrogen-bond acceptors (Lipinski definition) is 5. The van der Waals surface area contributed by atoms with E-state index in [0.717, 1.165) is 18.6 Å². The van der Waals surface area contributed by atoms with Gasteiger partial charge in [0.1, 0.15) is 11.6 Å². The lowest BCUT2D eigenvalue weighted by atomic mass is 9.98. The third-order valence-corrected chi connectivity index (χ3v) is 6.14. The van der Waals surface area contributed by atoms with Crippen LogP contribution in [0.2, 0.25) is 0 Å². The Balaban J connectivity index is 1.60.